The Hall–Kier alpha value is -0.0800. The van der Waals surface area contributed by atoms with Crippen LogP contribution in [-0.2, 0) is 4.74 Å². The highest BCUT2D eigenvalue weighted by molar-refractivity contribution is 4.79. The molecule has 1 rings (SSSR count). The third-order valence-corrected chi connectivity index (χ3v) is 3.77. The summed E-state index contributed by atoms with van der Waals surface area (Å²) < 4.78 is 6.12. The fourth-order valence-corrected chi connectivity index (χ4v) is 2.30. The second-order valence-corrected chi connectivity index (χ2v) is 7.96. The molecule has 1 aliphatic rings. The Balaban J connectivity index is 2.24. The Morgan fingerprint density at radius 3 is 2.06 bits per heavy atom. The van der Waals surface area contributed by atoms with Crippen molar-refractivity contribution in [1.82, 2.24) is 5.32 Å². The minimum Gasteiger partial charge on any atom is -0.378 e. The van der Waals surface area contributed by atoms with E-state index >= 15 is 0 Å². The summed E-state index contributed by atoms with van der Waals surface area (Å²) in [6, 6.07) is 0. The van der Waals surface area contributed by atoms with Crippen molar-refractivity contribution >= 4 is 0 Å². The van der Waals surface area contributed by atoms with Gasteiger partial charge in [-0.1, -0.05) is 20.8 Å². The molecule has 1 saturated carbocycles. The second kappa shape index (κ2) is 6.38. The first-order chi connectivity index (χ1) is 8.18. The monoisotopic (exact) mass is 255 g/mol. The molecule has 0 radical (unpaired) electrons. The average Bonchev–Trinajstić information content (AvgIpc) is 2.25. The van der Waals surface area contributed by atoms with Crippen molar-refractivity contribution in [2.75, 3.05) is 13.2 Å². The van der Waals surface area contributed by atoms with Crippen LogP contribution in [0.1, 0.15) is 67.2 Å². The van der Waals surface area contributed by atoms with Gasteiger partial charge >= 0.3 is 0 Å². The summed E-state index contributed by atoms with van der Waals surface area (Å²) in [5.74, 6) is 0.903. The zero-order valence-electron chi connectivity index (χ0n) is 13.3. The van der Waals surface area contributed by atoms with Gasteiger partial charge in [0.1, 0.15) is 0 Å². The highest BCUT2D eigenvalue weighted by Crippen LogP contribution is 2.27. The van der Waals surface area contributed by atoms with E-state index in [0.717, 1.165) is 19.1 Å². The van der Waals surface area contributed by atoms with Gasteiger partial charge in [-0.05, 0) is 52.4 Å². The van der Waals surface area contributed by atoms with E-state index in [2.05, 4.69) is 46.9 Å². The third kappa shape index (κ3) is 6.75. The number of ether oxygens (including phenoxy) is 1. The summed E-state index contributed by atoms with van der Waals surface area (Å²) in [7, 11) is 0. The fourth-order valence-electron chi connectivity index (χ4n) is 2.30. The van der Waals surface area contributed by atoms with Crippen molar-refractivity contribution in [2.24, 2.45) is 11.3 Å². The molecular formula is C16H33NO. The zero-order valence-corrected chi connectivity index (χ0v) is 13.3. The Kier molecular flexibility index (Phi) is 5.67. The molecule has 0 aliphatic heterocycles. The van der Waals surface area contributed by atoms with Crippen LogP contribution in [0.15, 0.2) is 0 Å². The van der Waals surface area contributed by atoms with Crippen molar-refractivity contribution in [3.8, 4) is 0 Å². The molecule has 1 N–H and O–H groups in total. The second-order valence-electron chi connectivity index (χ2n) is 7.96. The third-order valence-electron chi connectivity index (χ3n) is 3.77. The number of hydrogen-bond acceptors (Lipinski definition) is 2. The smallest absolute Gasteiger partial charge is 0.0575 e. The standard InChI is InChI=1S/C16H33NO/c1-13-7-9-14(10-8-13)18-12-16(5,6)11-17-15(2,3)4/h13-14,17H,7-12H2,1-6H3. The Morgan fingerprint density at radius 1 is 1.00 bits per heavy atom. The summed E-state index contributed by atoms with van der Waals surface area (Å²) in [5.41, 5.74) is 0.411. The van der Waals surface area contributed by atoms with E-state index in [1.165, 1.54) is 25.7 Å². The van der Waals surface area contributed by atoms with Crippen LogP contribution in [0.2, 0.25) is 0 Å². The molecule has 0 aromatic carbocycles. The normalized spacial score (nSPS) is 26.3. The summed E-state index contributed by atoms with van der Waals surface area (Å²) >= 11 is 0. The molecule has 1 aliphatic carbocycles. The molecule has 0 unspecified atom stereocenters. The lowest BCUT2D eigenvalue weighted by Crippen LogP contribution is -2.44. The van der Waals surface area contributed by atoms with Gasteiger partial charge < -0.3 is 10.1 Å². The highest BCUT2D eigenvalue weighted by atomic mass is 16.5. The van der Waals surface area contributed by atoms with E-state index in [-0.39, 0.29) is 11.0 Å². The average molecular weight is 255 g/mol. The Bertz CT molecular complexity index is 234. The molecule has 2 heteroatoms. The predicted molar refractivity (Wildman–Crippen MR) is 78.9 cm³/mol. The predicted octanol–water partition coefficient (Wildman–Crippen LogP) is 4.00. The molecule has 0 spiro atoms. The highest BCUT2D eigenvalue weighted by Gasteiger charge is 2.24. The van der Waals surface area contributed by atoms with E-state index in [9.17, 15) is 0 Å². The molecule has 0 aromatic heterocycles. The summed E-state index contributed by atoms with van der Waals surface area (Å²) in [6.45, 7) is 15.5. The molecule has 0 bridgehead atoms. The van der Waals surface area contributed by atoms with Crippen molar-refractivity contribution in [1.29, 1.82) is 0 Å². The van der Waals surface area contributed by atoms with Gasteiger partial charge in [0, 0.05) is 17.5 Å². The summed E-state index contributed by atoms with van der Waals surface area (Å²) in [4.78, 5) is 0. The minimum absolute atomic E-state index is 0.192. The van der Waals surface area contributed by atoms with E-state index in [1.54, 1.807) is 0 Å². The van der Waals surface area contributed by atoms with Gasteiger partial charge in [0.25, 0.3) is 0 Å². The molecule has 2 nitrogen and oxygen atoms in total. The Labute approximate surface area is 114 Å². The Morgan fingerprint density at radius 2 is 1.56 bits per heavy atom. The molecule has 0 saturated heterocycles. The largest absolute Gasteiger partial charge is 0.378 e. The van der Waals surface area contributed by atoms with Crippen LogP contribution >= 0.6 is 0 Å². The molecule has 108 valence electrons. The van der Waals surface area contributed by atoms with Crippen LogP contribution in [0.25, 0.3) is 0 Å². The van der Waals surface area contributed by atoms with Crippen LogP contribution in [0, 0.1) is 11.3 Å². The fraction of sp³-hybridized carbons (Fsp3) is 1.00. The molecule has 0 amide bonds. The van der Waals surface area contributed by atoms with E-state index in [1.807, 2.05) is 0 Å². The van der Waals surface area contributed by atoms with Crippen LogP contribution in [0.4, 0.5) is 0 Å². The van der Waals surface area contributed by atoms with E-state index < -0.39 is 0 Å². The number of nitrogens with one attached hydrogen (secondary N) is 1. The molecule has 0 aromatic rings. The van der Waals surface area contributed by atoms with E-state index in [0.29, 0.717) is 6.10 Å². The van der Waals surface area contributed by atoms with Gasteiger partial charge in [0.15, 0.2) is 0 Å². The SMILES string of the molecule is CC1CCC(OCC(C)(C)CNC(C)(C)C)CC1. The molecule has 0 atom stereocenters. The first kappa shape index (κ1) is 16.0. The lowest BCUT2D eigenvalue weighted by molar-refractivity contribution is -0.0214. The van der Waals surface area contributed by atoms with Gasteiger partial charge in [0.2, 0.25) is 0 Å². The maximum atomic E-state index is 6.12. The quantitative estimate of drug-likeness (QED) is 0.802. The molecule has 0 heterocycles. The molecular weight excluding hydrogens is 222 g/mol. The van der Waals surface area contributed by atoms with Gasteiger partial charge in [-0.3, -0.25) is 0 Å². The maximum Gasteiger partial charge on any atom is 0.0575 e. The van der Waals surface area contributed by atoms with Crippen molar-refractivity contribution < 1.29 is 4.74 Å². The maximum absolute atomic E-state index is 6.12. The zero-order chi connectivity index (χ0) is 13.8. The van der Waals surface area contributed by atoms with Crippen LogP contribution in [0.3, 0.4) is 0 Å². The van der Waals surface area contributed by atoms with Crippen LogP contribution in [0.5, 0.6) is 0 Å². The van der Waals surface area contributed by atoms with Gasteiger partial charge in [-0.25, -0.2) is 0 Å². The first-order valence-electron chi connectivity index (χ1n) is 7.55. The van der Waals surface area contributed by atoms with Crippen molar-refractivity contribution in [2.45, 2.75) is 78.9 Å². The van der Waals surface area contributed by atoms with E-state index in [4.69, 9.17) is 4.74 Å². The van der Waals surface area contributed by atoms with Crippen molar-refractivity contribution in [3.63, 3.8) is 0 Å². The van der Waals surface area contributed by atoms with Crippen LogP contribution < -0.4 is 5.32 Å². The number of rotatable bonds is 5. The van der Waals surface area contributed by atoms with Gasteiger partial charge in [-0.2, -0.15) is 0 Å². The lowest BCUT2D eigenvalue weighted by atomic mass is 9.88. The number of hydrogen-bond donors (Lipinski definition) is 1. The lowest BCUT2D eigenvalue weighted by Gasteiger charge is -2.33. The summed E-state index contributed by atoms with van der Waals surface area (Å²) in [6.07, 6.45) is 5.69. The van der Waals surface area contributed by atoms with Gasteiger partial charge in [-0.15, -0.1) is 0 Å². The summed E-state index contributed by atoms with van der Waals surface area (Å²) in [5, 5.41) is 3.58. The first-order valence-corrected chi connectivity index (χ1v) is 7.55. The van der Waals surface area contributed by atoms with Gasteiger partial charge in [0.05, 0.1) is 12.7 Å². The molecule has 18 heavy (non-hydrogen) atoms. The topological polar surface area (TPSA) is 21.3 Å². The van der Waals surface area contributed by atoms with Crippen LogP contribution in [-0.4, -0.2) is 24.8 Å². The molecule has 1 fully saturated rings. The van der Waals surface area contributed by atoms with Crippen molar-refractivity contribution in [3.05, 3.63) is 0 Å². The minimum atomic E-state index is 0.192.